The summed E-state index contributed by atoms with van der Waals surface area (Å²) >= 11 is 0. The lowest BCUT2D eigenvalue weighted by Crippen LogP contribution is -2.20. The molecule has 0 saturated heterocycles. The fourth-order valence-electron chi connectivity index (χ4n) is 2.82. The lowest BCUT2D eigenvalue weighted by Gasteiger charge is -2.21. The normalized spacial score (nSPS) is 12.4. The molecule has 1 N–H and O–H groups in total. The molecule has 0 spiro atoms. The van der Waals surface area contributed by atoms with E-state index in [9.17, 15) is 0 Å². The highest BCUT2D eigenvalue weighted by Gasteiger charge is 2.13. The number of likely N-dealkylation sites (N-methyl/N-ethyl adjacent to an activating group) is 1. The maximum Gasteiger partial charge on any atom is 0.0361 e. The second-order valence-electron chi connectivity index (χ2n) is 5.84. The topological polar surface area (TPSA) is 12.0 Å². The Morgan fingerprint density at radius 3 is 2.15 bits per heavy atom. The fourth-order valence-corrected chi connectivity index (χ4v) is 2.82. The molecule has 0 aliphatic heterocycles. The Bertz CT molecular complexity index is 599. The van der Waals surface area contributed by atoms with Crippen molar-refractivity contribution in [2.45, 2.75) is 40.2 Å². The molecule has 0 bridgehead atoms. The first-order chi connectivity index (χ1) is 9.51. The number of aryl methyl sites for hydroxylation is 4. The molecule has 106 valence electrons. The summed E-state index contributed by atoms with van der Waals surface area (Å²) < 4.78 is 0. The summed E-state index contributed by atoms with van der Waals surface area (Å²) in [6.07, 6.45) is 1.04. The van der Waals surface area contributed by atoms with Gasteiger partial charge in [0, 0.05) is 6.04 Å². The molecular weight excluding hydrogens is 242 g/mol. The van der Waals surface area contributed by atoms with Crippen molar-refractivity contribution < 1.29 is 0 Å². The summed E-state index contributed by atoms with van der Waals surface area (Å²) in [7, 11) is 2.05. The fraction of sp³-hybridized carbons (Fsp3) is 0.368. The number of benzene rings is 2. The van der Waals surface area contributed by atoms with Gasteiger partial charge in [0.25, 0.3) is 0 Å². The summed E-state index contributed by atoms with van der Waals surface area (Å²) in [5.41, 5.74) is 8.24. The molecule has 0 saturated carbocycles. The summed E-state index contributed by atoms with van der Waals surface area (Å²) in [6, 6.07) is 13.8. The van der Waals surface area contributed by atoms with Crippen LogP contribution >= 0.6 is 0 Å². The second kappa shape index (κ2) is 6.23. The highest BCUT2D eigenvalue weighted by Crippen LogP contribution is 2.24. The molecule has 2 aromatic carbocycles. The smallest absolute Gasteiger partial charge is 0.0361 e. The lowest BCUT2D eigenvalue weighted by atomic mass is 9.92. The zero-order chi connectivity index (χ0) is 14.7. The molecule has 1 nitrogen and oxygen atoms in total. The van der Waals surface area contributed by atoms with Crippen LogP contribution in [0.4, 0.5) is 0 Å². The molecule has 1 atom stereocenters. The van der Waals surface area contributed by atoms with Gasteiger partial charge in [0.2, 0.25) is 0 Å². The summed E-state index contributed by atoms with van der Waals surface area (Å²) in [6.45, 7) is 8.71. The van der Waals surface area contributed by atoms with Gasteiger partial charge in [-0.05, 0) is 63.4 Å². The molecule has 20 heavy (non-hydrogen) atoms. The minimum Gasteiger partial charge on any atom is -0.313 e. The van der Waals surface area contributed by atoms with Gasteiger partial charge in [-0.2, -0.15) is 0 Å². The van der Waals surface area contributed by atoms with Crippen LogP contribution in [0.1, 0.15) is 39.4 Å². The summed E-state index contributed by atoms with van der Waals surface area (Å²) in [5, 5.41) is 3.47. The van der Waals surface area contributed by atoms with Gasteiger partial charge in [0.05, 0.1) is 0 Å². The Balaban J connectivity index is 2.31. The van der Waals surface area contributed by atoms with Crippen molar-refractivity contribution >= 4 is 0 Å². The summed E-state index contributed by atoms with van der Waals surface area (Å²) in [5.74, 6) is 0. The van der Waals surface area contributed by atoms with Crippen LogP contribution in [0.3, 0.4) is 0 Å². The van der Waals surface area contributed by atoms with Gasteiger partial charge in [-0.1, -0.05) is 47.5 Å². The lowest BCUT2D eigenvalue weighted by molar-refractivity contribution is 0.587. The van der Waals surface area contributed by atoms with Crippen molar-refractivity contribution in [3.63, 3.8) is 0 Å². The van der Waals surface area contributed by atoms with E-state index < -0.39 is 0 Å². The molecule has 0 aromatic heterocycles. The molecule has 0 heterocycles. The second-order valence-corrected chi connectivity index (χ2v) is 5.84. The van der Waals surface area contributed by atoms with Crippen molar-refractivity contribution in [2.24, 2.45) is 0 Å². The van der Waals surface area contributed by atoms with Crippen LogP contribution in [-0.4, -0.2) is 7.05 Å². The largest absolute Gasteiger partial charge is 0.313 e. The first-order valence-corrected chi connectivity index (χ1v) is 7.32. The predicted octanol–water partition coefficient (Wildman–Crippen LogP) is 4.42. The number of hydrogen-bond acceptors (Lipinski definition) is 1. The Hall–Kier alpha value is -1.60. The van der Waals surface area contributed by atoms with E-state index in [-0.39, 0.29) is 0 Å². The van der Waals surface area contributed by atoms with Crippen LogP contribution in [0, 0.1) is 27.7 Å². The van der Waals surface area contributed by atoms with Gasteiger partial charge in [-0.25, -0.2) is 0 Å². The Morgan fingerprint density at radius 1 is 0.850 bits per heavy atom. The number of hydrogen-bond donors (Lipinski definition) is 1. The molecule has 2 rings (SSSR count). The Morgan fingerprint density at radius 2 is 1.50 bits per heavy atom. The third-order valence-corrected chi connectivity index (χ3v) is 4.08. The van der Waals surface area contributed by atoms with Crippen molar-refractivity contribution in [1.82, 2.24) is 5.32 Å². The molecule has 1 heteroatoms. The van der Waals surface area contributed by atoms with Crippen LogP contribution in [-0.2, 0) is 6.42 Å². The quantitative estimate of drug-likeness (QED) is 0.864. The van der Waals surface area contributed by atoms with Gasteiger partial charge in [-0.3, -0.25) is 0 Å². The van der Waals surface area contributed by atoms with E-state index in [1.807, 2.05) is 0 Å². The standard InChI is InChI=1S/C19H25N/c1-13-7-9-18(16(4)10-13)19(20-5)12-17-11-14(2)6-8-15(17)3/h6-11,19-20H,12H2,1-5H3. The number of rotatable bonds is 4. The van der Waals surface area contributed by atoms with Crippen LogP contribution in [0.25, 0.3) is 0 Å². The third kappa shape index (κ3) is 3.29. The highest BCUT2D eigenvalue weighted by molar-refractivity contribution is 5.36. The van der Waals surface area contributed by atoms with Crippen LogP contribution < -0.4 is 5.32 Å². The van der Waals surface area contributed by atoms with E-state index in [4.69, 9.17) is 0 Å². The molecule has 1 unspecified atom stereocenters. The summed E-state index contributed by atoms with van der Waals surface area (Å²) in [4.78, 5) is 0. The minimum atomic E-state index is 0.371. The monoisotopic (exact) mass is 267 g/mol. The zero-order valence-corrected chi connectivity index (χ0v) is 13.2. The van der Waals surface area contributed by atoms with Crippen molar-refractivity contribution in [1.29, 1.82) is 0 Å². The van der Waals surface area contributed by atoms with Crippen LogP contribution in [0.5, 0.6) is 0 Å². The molecule has 0 radical (unpaired) electrons. The van der Waals surface area contributed by atoms with E-state index in [0.717, 1.165) is 6.42 Å². The molecule has 0 amide bonds. The van der Waals surface area contributed by atoms with Gasteiger partial charge >= 0.3 is 0 Å². The minimum absolute atomic E-state index is 0.371. The predicted molar refractivity (Wildman–Crippen MR) is 87.3 cm³/mol. The van der Waals surface area contributed by atoms with Gasteiger partial charge in [0.1, 0.15) is 0 Å². The van der Waals surface area contributed by atoms with Gasteiger partial charge < -0.3 is 5.32 Å². The first kappa shape index (κ1) is 14.8. The molecule has 0 aliphatic rings. The van der Waals surface area contributed by atoms with Crippen molar-refractivity contribution in [2.75, 3.05) is 7.05 Å². The van der Waals surface area contributed by atoms with Crippen molar-refractivity contribution in [3.8, 4) is 0 Å². The van der Waals surface area contributed by atoms with Gasteiger partial charge in [0.15, 0.2) is 0 Å². The highest BCUT2D eigenvalue weighted by atomic mass is 14.9. The zero-order valence-electron chi connectivity index (χ0n) is 13.2. The molecule has 0 fully saturated rings. The maximum atomic E-state index is 3.47. The Labute approximate surface area is 123 Å². The Kier molecular flexibility index (Phi) is 4.61. The van der Waals surface area contributed by atoms with E-state index in [0.29, 0.717) is 6.04 Å². The SMILES string of the molecule is CNC(Cc1cc(C)ccc1C)c1ccc(C)cc1C. The van der Waals surface area contributed by atoms with Gasteiger partial charge in [-0.15, -0.1) is 0 Å². The third-order valence-electron chi connectivity index (χ3n) is 4.08. The molecule has 2 aromatic rings. The average Bonchev–Trinajstić information content (AvgIpc) is 2.40. The van der Waals surface area contributed by atoms with E-state index in [1.54, 1.807) is 0 Å². The van der Waals surface area contributed by atoms with E-state index in [2.05, 4.69) is 76.5 Å². The molecular formula is C19H25N. The van der Waals surface area contributed by atoms with Crippen molar-refractivity contribution in [3.05, 3.63) is 69.8 Å². The van der Waals surface area contributed by atoms with Crippen LogP contribution in [0.2, 0.25) is 0 Å². The first-order valence-electron chi connectivity index (χ1n) is 7.32. The maximum absolute atomic E-state index is 3.47. The molecule has 0 aliphatic carbocycles. The van der Waals surface area contributed by atoms with Crippen LogP contribution in [0.15, 0.2) is 36.4 Å². The van der Waals surface area contributed by atoms with E-state index in [1.165, 1.54) is 33.4 Å². The number of nitrogens with one attached hydrogen (secondary N) is 1. The van der Waals surface area contributed by atoms with E-state index >= 15 is 0 Å². The average molecular weight is 267 g/mol.